The number of hydrogen-bond donors (Lipinski definition) is 0. The maximum atomic E-state index is 13.2. The van der Waals surface area contributed by atoms with E-state index in [4.69, 9.17) is 9.47 Å². The van der Waals surface area contributed by atoms with E-state index in [1.165, 1.54) is 4.31 Å². The van der Waals surface area contributed by atoms with Crippen molar-refractivity contribution in [2.24, 2.45) is 0 Å². The van der Waals surface area contributed by atoms with Gasteiger partial charge in [-0.15, -0.1) is 0 Å². The fourth-order valence-electron chi connectivity index (χ4n) is 3.22. The first-order chi connectivity index (χ1) is 11.9. The second-order valence-electron chi connectivity index (χ2n) is 6.19. The SMILES string of the molecule is COc1cc(S(=O)(=O)N2CCO[C@@H](c3ccccc3)[C@@H]2C)ccc1C. The number of sulfonamides is 1. The van der Waals surface area contributed by atoms with Crippen LogP contribution in [0.1, 0.15) is 24.2 Å². The highest BCUT2D eigenvalue weighted by molar-refractivity contribution is 7.89. The van der Waals surface area contributed by atoms with Gasteiger partial charge in [-0.2, -0.15) is 4.31 Å². The maximum Gasteiger partial charge on any atom is 0.243 e. The molecule has 0 bridgehead atoms. The van der Waals surface area contributed by atoms with Crippen molar-refractivity contribution in [2.45, 2.75) is 30.9 Å². The van der Waals surface area contributed by atoms with E-state index >= 15 is 0 Å². The van der Waals surface area contributed by atoms with Crippen LogP contribution in [-0.4, -0.2) is 39.0 Å². The van der Waals surface area contributed by atoms with Crippen LogP contribution < -0.4 is 4.74 Å². The van der Waals surface area contributed by atoms with Gasteiger partial charge < -0.3 is 9.47 Å². The Morgan fingerprint density at radius 1 is 1.16 bits per heavy atom. The minimum absolute atomic E-state index is 0.246. The molecule has 2 aromatic carbocycles. The lowest BCUT2D eigenvalue weighted by Crippen LogP contribution is -2.48. The summed E-state index contributed by atoms with van der Waals surface area (Å²) in [7, 11) is -2.08. The van der Waals surface area contributed by atoms with Crippen LogP contribution in [0.15, 0.2) is 53.4 Å². The lowest BCUT2D eigenvalue weighted by molar-refractivity contribution is -0.0361. The number of methoxy groups -OCH3 is 1. The predicted molar refractivity (Wildman–Crippen MR) is 96.2 cm³/mol. The summed E-state index contributed by atoms with van der Waals surface area (Å²) in [6.07, 6.45) is -0.280. The summed E-state index contributed by atoms with van der Waals surface area (Å²) in [5.74, 6) is 0.571. The van der Waals surface area contributed by atoms with Crippen molar-refractivity contribution in [1.82, 2.24) is 4.31 Å². The van der Waals surface area contributed by atoms with Crippen molar-refractivity contribution in [3.05, 3.63) is 59.7 Å². The van der Waals surface area contributed by atoms with Crippen molar-refractivity contribution >= 4 is 10.0 Å². The van der Waals surface area contributed by atoms with Gasteiger partial charge in [0.25, 0.3) is 0 Å². The zero-order valence-electron chi connectivity index (χ0n) is 14.7. The number of benzene rings is 2. The van der Waals surface area contributed by atoms with Crippen LogP contribution in [0.25, 0.3) is 0 Å². The van der Waals surface area contributed by atoms with E-state index in [1.807, 2.05) is 44.2 Å². The van der Waals surface area contributed by atoms with Crippen LogP contribution in [0.5, 0.6) is 5.75 Å². The number of nitrogens with zero attached hydrogens (tertiary/aromatic N) is 1. The van der Waals surface area contributed by atoms with Crippen LogP contribution in [-0.2, 0) is 14.8 Å². The van der Waals surface area contributed by atoms with E-state index in [2.05, 4.69) is 0 Å². The molecule has 0 N–H and O–H groups in total. The molecule has 0 amide bonds. The van der Waals surface area contributed by atoms with E-state index in [0.717, 1.165) is 11.1 Å². The van der Waals surface area contributed by atoms with Crippen LogP contribution in [0.3, 0.4) is 0 Å². The summed E-state index contributed by atoms with van der Waals surface area (Å²) < 4.78 is 39.0. The molecule has 3 rings (SSSR count). The van der Waals surface area contributed by atoms with Gasteiger partial charge in [-0.05, 0) is 31.0 Å². The van der Waals surface area contributed by atoms with Gasteiger partial charge >= 0.3 is 0 Å². The molecule has 134 valence electrons. The van der Waals surface area contributed by atoms with Crippen molar-refractivity contribution in [3.63, 3.8) is 0 Å². The summed E-state index contributed by atoms with van der Waals surface area (Å²) in [5, 5.41) is 0. The molecule has 1 aliphatic heterocycles. The second-order valence-corrected chi connectivity index (χ2v) is 8.08. The van der Waals surface area contributed by atoms with E-state index in [0.29, 0.717) is 18.9 Å². The number of ether oxygens (including phenoxy) is 2. The molecule has 0 radical (unpaired) electrons. The van der Waals surface area contributed by atoms with Gasteiger partial charge in [-0.1, -0.05) is 36.4 Å². The molecule has 0 aromatic heterocycles. The molecule has 1 heterocycles. The molecule has 0 unspecified atom stereocenters. The van der Waals surface area contributed by atoms with Crippen molar-refractivity contribution in [3.8, 4) is 5.75 Å². The monoisotopic (exact) mass is 361 g/mol. The van der Waals surface area contributed by atoms with Gasteiger partial charge in [0, 0.05) is 12.6 Å². The maximum absolute atomic E-state index is 13.2. The lowest BCUT2D eigenvalue weighted by Gasteiger charge is -2.38. The normalized spacial score (nSPS) is 21.9. The van der Waals surface area contributed by atoms with Crippen molar-refractivity contribution in [2.75, 3.05) is 20.3 Å². The molecule has 1 saturated heterocycles. The fourth-order valence-corrected chi connectivity index (χ4v) is 4.85. The average Bonchev–Trinajstić information content (AvgIpc) is 2.62. The first-order valence-corrected chi connectivity index (χ1v) is 9.72. The van der Waals surface area contributed by atoms with Gasteiger partial charge in [0.2, 0.25) is 10.0 Å². The van der Waals surface area contributed by atoms with Gasteiger partial charge in [0.1, 0.15) is 5.75 Å². The molecule has 0 saturated carbocycles. The Morgan fingerprint density at radius 2 is 1.88 bits per heavy atom. The number of morpholine rings is 1. The highest BCUT2D eigenvalue weighted by atomic mass is 32.2. The van der Waals surface area contributed by atoms with E-state index in [9.17, 15) is 8.42 Å². The predicted octanol–water partition coefficient (Wildman–Crippen LogP) is 3.15. The van der Waals surface area contributed by atoms with Gasteiger partial charge in [0.05, 0.1) is 30.8 Å². The highest BCUT2D eigenvalue weighted by Crippen LogP contribution is 2.33. The summed E-state index contributed by atoms with van der Waals surface area (Å²) in [6.45, 7) is 4.48. The van der Waals surface area contributed by atoms with Crippen LogP contribution in [0.2, 0.25) is 0 Å². The van der Waals surface area contributed by atoms with Crippen molar-refractivity contribution < 1.29 is 17.9 Å². The average molecular weight is 361 g/mol. The lowest BCUT2D eigenvalue weighted by atomic mass is 10.0. The molecule has 5 nitrogen and oxygen atoms in total. The molecule has 25 heavy (non-hydrogen) atoms. The first kappa shape index (κ1) is 17.9. The summed E-state index contributed by atoms with van der Waals surface area (Å²) in [4.78, 5) is 0.246. The molecule has 0 spiro atoms. The Hall–Kier alpha value is -1.89. The van der Waals surface area contributed by atoms with E-state index < -0.39 is 10.0 Å². The Morgan fingerprint density at radius 3 is 2.56 bits per heavy atom. The standard InChI is InChI=1S/C19H23NO4S/c1-14-9-10-17(13-18(14)23-3)25(21,22)20-11-12-24-19(15(20)2)16-7-5-4-6-8-16/h4-10,13,15,19H,11-12H2,1-3H3/t15-,19+/m0/s1. The topological polar surface area (TPSA) is 55.8 Å². The molecular formula is C19H23NO4S. The zero-order chi connectivity index (χ0) is 18.0. The molecular weight excluding hydrogens is 338 g/mol. The van der Waals surface area contributed by atoms with Crippen LogP contribution in [0.4, 0.5) is 0 Å². The number of aryl methyl sites for hydroxylation is 1. The van der Waals surface area contributed by atoms with Crippen LogP contribution in [0, 0.1) is 6.92 Å². The Kier molecular flexibility index (Phi) is 5.13. The Balaban J connectivity index is 1.94. The van der Waals surface area contributed by atoms with Crippen molar-refractivity contribution in [1.29, 1.82) is 0 Å². The first-order valence-electron chi connectivity index (χ1n) is 8.28. The molecule has 2 aromatic rings. The minimum atomic E-state index is -3.63. The molecule has 6 heteroatoms. The third-order valence-electron chi connectivity index (χ3n) is 4.62. The minimum Gasteiger partial charge on any atom is -0.496 e. The molecule has 1 fully saturated rings. The van der Waals surface area contributed by atoms with E-state index in [1.54, 1.807) is 25.3 Å². The smallest absolute Gasteiger partial charge is 0.243 e. The van der Waals surface area contributed by atoms with Gasteiger partial charge in [-0.25, -0.2) is 8.42 Å². The molecule has 0 aliphatic carbocycles. The summed E-state index contributed by atoms with van der Waals surface area (Å²) in [6, 6.07) is 14.4. The summed E-state index contributed by atoms with van der Waals surface area (Å²) >= 11 is 0. The van der Waals surface area contributed by atoms with Gasteiger partial charge in [0.15, 0.2) is 0 Å². The molecule has 1 aliphatic rings. The largest absolute Gasteiger partial charge is 0.496 e. The quantitative estimate of drug-likeness (QED) is 0.839. The molecule has 2 atom stereocenters. The fraction of sp³-hybridized carbons (Fsp3) is 0.368. The number of hydrogen-bond acceptors (Lipinski definition) is 4. The highest BCUT2D eigenvalue weighted by Gasteiger charge is 2.38. The second kappa shape index (κ2) is 7.15. The Bertz CT molecular complexity index is 836. The summed E-state index contributed by atoms with van der Waals surface area (Å²) in [5.41, 5.74) is 1.88. The third kappa shape index (κ3) is 3.42. The zero-order valence-corrected chi connectivity index (χ0v) is 15.5. The van der Waals surface area contributed by atoms with Gasteiger partial charge in [-0.3, -0.25) is 0 Å². The van der Waals surface area contributed by atoms with E-state index in [-0.39, 0.29) is 17.0 Å². The number of rotatable bonds is 4. The third-order valence-corrected chi connectivity index (χ3v) is 6.60. The Labute approximate surface area is 149 Å². The van der Waals surface area contributed by atoms with Crippen LogP contribution >= 0.6 is 0 Å².